The second-order valence-corrected chi connectivity index (χ2v) is 9.69. The molecule has 0 radical (unpaired) electrons. The zero-order valence-electron chi connectivity index (χ0n) is 17.0. The first-order chi connectivity index (χ1) is 14.9. The number of aromatic nitrogens is 2. The molecule has 0 N–H and O–H groups in total. The lowest BCUT2D eigenvalue weighted by Gasteiger charge is -2.58. The first-order valence-corrected chi connectivity index (χ1v) is 10.9. The topological polar surface area (TPSA) is 75.5 Å². The molecule has 4 amide bonds. The third kappa shape index (κ3) is 2.84. The molecular weight excluding hydrogens is 399 g/mol. The number of amides is 4. The van der Waals surface area contributed by atoms with Crippen molar-refractivity contribution in [3.8, 4) is 5.69 Å². The van der Waals surface area contributed by atoms with Crippen LogP contribution >= 0.6 is 0 Å². The summed E-state index contributed by atoms with van der Waals surface area (Å²) < 4.78 is 15.0. The van der Waals surface area contributed by atoms with Gasteiger partial charge in [0, 0.05) is 6.20 Å². The van der Waals surface area contributed by atoms with E-state index < -0.39 is 23.4 Å². The Balaban J connectivity index is 1.25. The van der Waals surface area contributed by atoms with Gasteiger partial charge in [-0.1, -0.05) is 6.07 Å². The molecule has 7 rings (SSSR count). The lowest BCUT2D eigenvalue weighted by Crippen LogP contribution is -2.61. The Morgan fingerprint density at radius 2 is 1.65 bits per heavy atom. The first kappa shape index (κ1) is 18.7. The predicted octanol–water partition coefficient (Wildman–Crippen LogP) is 3.27. The Bertz CT molecular complexity index is 1070. The molecule has 7 nitrogen and oxygen atoms in total. The number of carbonyl (C=O) groups excluding carboxylic acids is 3. The second-order valence-electron chi connectivity index (χ2n) is 9.69. The van der Waals surface area contributed by atoms with Crippen LogP contribution in [0.2, 0.25) is 0 Å². The number of imide groups is 2. The molecule has 4 bridgehead atoms. The summed E-state index contributed by atoms with van der Waals surface area (Å²) in [6.07, 6.45) is 7.68. The lowest BCUT2D eigenvalue weighted by atomic mass is 9.52. The summed E-state index contributed by atoms with van der Waals surface area (Å²) in [4.78, 5) is 41.3. The number of carbonyl (C=O) groups is 3. The molecule has 8 heteroatoms. The van der Waals surface area contributed by atoms with Gasteiger partial charge >= 0.3 is 17.8 Å². The Hall–Kier alpha value is -3.03. The fourth-order valence-electron chi connectivity index (χ4n) is 6.77. The van der Waals surface area contributed by atoms with Gasteiger partial charge < -0.3 is 0 Å². The van der Waals surface area contributed by atoms with Crippen molar-refractivity contribution in [3.05, 3.63) is 48.0 Å². The molecule has 160 valence electrons. The Labute approximate surface area is 178 Å². The number of hydrogen-bond acceptors (Lipinski definition) is 4. The van der Waals surface area contributed by atoms with Crippen molar-refractivity contribution in [2.75, 3.05) is 0 Å². The quantitative estimate of drug-likeness (QED) is 0.560. The molecular formula is C23H23FN4O3. The van der Waals surface area contributed by atoms with Gasteiger partial charge in [0.05, 0.1) is 23.5 Å². The summed E-state index contributed by atoms with van der Waals surface area (Å²) in [5.41, 5.74) is 0.511. The Kier molecular flexibility index (Phi) is 3.91. The summed E-state index contributed by atoms with van der Waals surface area (Å²) in [5, 5.41) is 4.37. The van der Waals surface area contributed by atoms with Gasteiger partial charge in [0.25, 0.3) is 0 Å². The van der Waals surface area contributed by atoms with Gasteiger partial charge in [0.15, 0.2) is 0 Å². The number of rotatable bonds is 4. The maximum Gasteiger partial charge on any atom is 0.335 e. The largest absolute Gasteiger partial charge is 0.335 e. The van der Waals surface area contributed by atoms with Crippen LogP contribution in [0.1, 0.15) is 44.2 Å². The number of halogens is 1. The van der Waals surface area contributed by atoms with Crippen molar-refractivity contribution in [1.29, 1.82) is 0 Å². The van der Waals surface area contributed by atoms with Crippen molar-refractivity contribution in [1.82, 2.24) is 19.6 Å². The van der Waals surface area contributed by atoms with Crippen LogP contribution in [-0.2, 0) is 16.1 Å². The molecule has 5 fully saturated rings. The number of benzene rings is 1. The van der Waals surface area contributed by atoms with E-state index in [0.717, 1.165) is 24.2 Å². The Morgan fingerprint density at radius 3 is 2.29 bits per heavy atom. The molecule has 1 aromatic heterocycles. The number of hydrogen-bond donors (Lipinski definition) is 0. The predicted molar refractivity (Wildman–Crippen MR) is 107 cm³/mol. The fraction of sp³-hybridized carbons (Fsp3) is 0.478. The smallest absolute Gasteiger partial charge is 0.263 e. The number of nitrogens with zero attached hydrogens (tertiary/aromatic N) is 4. The highest BCUT2D eigenvalue weighted by molar-refractivity contribution is 6.44. The van der Waals surface area contributed by atoms with Crippen LogP contribution in [0.15, 0.2) is 36.5 Å². The molecule has 1 saturated heterocycles. The average molecular weight is 422 g/mol. The molecule has 2 aromatic rings. The van der Waals surface area contributed by atoms with Gasteiger partial charge in [0.1, 0.15) is 5.82 Å². The Morgan fingerprint density at radius 1 is 0.968 bits per heavy atom. The summed E-state index contributed by atoms with van der Waals surface area (Å²) in [7, 11) is 0. The maximum absolute atomic E-state index is 13.5. The van der Waals surface area contributed by atoms with E-state index >= 15 is 0 Å². The first-order valence-electron chi connectivity index (χ1n) is 10.9. The molecule has 4 saturated carbocycles. The summed E-state index contributed by atoms with van der Waals surface area (Å²) in [6, 6.07) is 7.15. The maximum atomic E-state index is 13.5. The highest BCUT2D eigenvalue weighted by atomic mass is 19.1. The zero-order chi connectivity index (χ0) is 21.3. The van der Waals surface area contributed by atoms with E-state index in [1.165, 1.54) is 41.0 Å². The SMILES string of the molecule is O=C1C(=O)N(C23CC4CC(CC(C4)C2)C3)C(=O)N1Cc1ccn(-c2cccc(F)c2)n1. The average Bonchev–Trinajstić information content (AvgIpc) is 3.26. The van der Waals surface area contributed by atoms with Crippen molar-refractivity contribution in [2.24, 2.45) is 17.8 Å². The van der Waals surface area contributed by atoms with Crippen molar-refractivity contribution in [3.63, 3.8) is 0 Å². The van der Waals surface area contributed by atoms with E-state index in [0.29, 0.717) is 29.1 Å². The standard InChI is InChI=1S/C23H23FN4O3/c24-17-2-1-3-19(9-17)27-5-4-18(25-27)13-26-20(29)21(30)28(22(26)31)23-10-14-6-15(11-23)8-16(7-14)12-23/h1-5,9,14-16H,6-8,10-13H2. The van der Waals surface area contributed by atoms with Gasteiger partial charge in [0.2, 0.25) is 0 Å². The second kappa shape index (κ2) is 6.48. The molecule has 5 aliphatic rings. The van der Waals surface area contributed by atoms with Crippen LogP contribution in [0.4, 0.5) is 9.18 Å². The van der Waals surface area contributed by atoms with Gasteiger partial charge in [-0.15, -0.1) is 0 Å². The minimum absolute atomic E-state index is 0.0748. The molecule has 2 heterocycles. The normalized spacial score (nSPS) is 31.9. The minimum Gasteiger partial charge on any atom is -0.263 e. The van der Waals surface area contributed by atoms with E-state index in [-0.39, 0.29) is 12.4 Å². The fourth-order valence-corrected chi connectivity index (χ4v) is 6.77. The van der Waals surface area contributed by atoms with E-state index in [2.05, 4.69) is 5.10 Å². The zero-order valence-corrected chi connectivity index (χ0v) is 17.0. The van der Waals surface area contributed by atoms with Crippen molar-refractivity contribution >= 4 is 17.8 Å². The molecule has 0 spiro atoms. The highest BCUT2D eigenvalue weighted by Crippen LogP contribution is 2.58. The van der Waals surface area contributed by atoms with E-state index in [9.17, 15) is 18.8 Å². The van der Waals surface area contributed by atoms with Crippen LogP contribution in [0, 0.1) is 23.6 Å². The van der Waals surface area contributed by atoms with Crippen molar-refractivity contribution in [2.45, 2.75) is 50.6 Å². The third-order valence-corrected chi connectivity index (χ3v) is 7.57. The van der Waals surface area contributed by atoms with Gasteiger partial charge in [-0.05, 0) is 80.5 Å². The van der Waals surface area contributed by atoms with E-state index in [4.69, 9.17) is 0 Å². The van der Waals surface area contributed by atoms with Gasteiger partial charge in [-0.2, -0.15) is 5.10 Å². The lowest BCUT2D eigenvalue weighted by molar-refractivity contribution is -0.150. The monoisotopic (exact) mass is 422 g/mol. The third-order valence-electron chi connectivity index (χ3n) is 7.57. The van der Waals surface area contributed by atoms with Crippen LogP contribution < -0.4 is 0 Å². The summed E-state index contributed by atoms with van der Waals surface area (Å²) in [5.74, 6) is -0.192. The summed E-state index contributed by atoms with van der Waals surface area (Å²) >= 11 is 0. The molecule has 0 atom stereocenters. The van der Waals surface area contributed by atoms with Crippen LogP contribution in [0.3, 0.4) is 0 Å². The molecule has 1 aromatic carbocycles. The molecule has 0 unspecified atom stereocenters. The summed E-state index contributed by atoms with van der Waals surface area (Å²) in [6.45, 7) is -0.0748. The van der Waals surface area contributed by atoms with Crippen LogP contribution in [-0.4, -0.2) is 43.0 Å². The van der Waals surface area contributed by atoms with Crippen LogP contribution in [0.5, 0.6) is 0 Å². The van der Waals surface area contributed by atoms with Gasteiger partial charge in [-0.25, -0.2) is 23.7 Å². The highest BCUT2D eigenvalue weighted by Gasteiger charge is 2.61. The van der Waals surface area contributed by atoms with E-state index in [1.54, 1.807) is 24.4 Å². The van der Waals surface area contributed by atoms with Gasteiger partial charge in [-0.3, -0.25) is 9.59 Å². The minimum atomic E-state index is -0.777. The molecule has 4 aliphatic carbocycles. The van der Waals surface area contributed by atoms with Crippen molar-refractivity contribution < 1.29 is 18.8 Å². The molecule has 1 aliphatic heterocycles. The van der Waals surface area contributed by atoms with Crippen LogP contribution in [0.25, 0.3) is 5.69 Å². The number of urea groups is 1. The van der Waals surface area contributed by atoms with E-state index in [1.807, 2.05) is 0 Å². The molecule has 31 heavy (non-hydrogen) atoms.